The minimum absolute atomic E-state index is 0.0189. The second-order valence-electron chi connectivity index (χ2n) is 7.49. The Hall–Kier alpha value is -2.96. The van der Waals surface area contributed by atoms with Crippen LogP contribution in [0, 0.1) is 0 Å². The topological polar surface area (TPSA) is 75.2 Å². The number of fused-ring (bicyclic) bond motifs is 3. The van der Waals surface area contributed by atoms with Crippen molar-refractivity contribution in [3.63, 3.8) is 0 Å². The Balaban J connectivity index is 1.77. The van der Waals surface area contributed by atoms with E-state index in [0.717, 1.165) is 48.3 Å². The molecule has 7 nitrogen and oxygen atoms in total. The molecule has 0 spiro atoms. The maximum Gasteiger partial charge on any atom is 0.318 e. The standard InChI is InChI=1S/C22H29N5O2/c1-4-6-10-23-22(28)27-11-9-17-18-12-16(29-3)7-8-19(18)25-20(17)21(27)15-13-24-26(5-2)14-15/h7-8,12-14,21,25H,4-6,9-11H2,1-3H3,(H,23,28). The van der Waals surface area contributed by atoms with E-state index < -0.39 is 0 Å². The lowest BCUT2D eigenvalue weighted by Crippen LogP contribution is -2.46. The smallest absolute Gasteiger partial charge is 0.318 e. The van der Waals surface area contributed by atoms with Crippen molar-refractivity contribution >= 4 is 16.9 Å². The predicted octanol–water partition coefficient (Wildman–Crippen LogP) is 3.85. The summed E-state index contributed by atoms with van der Waals surface area (Å²) in [6.45, 7) is 6.35. The van der Waals surface area contributed by atoms with Crippen LogP contribution in [-0.2, 0) is 13.0 Å². The molecule has 154 valence electrons. The van der Waals surface area contributed by atoms with Gasteiger partial charge in [0, 0.05) is 48.0 Å². The van der Waals surface area contributed by atoms with Gasteiger partial charge in [0.25, 0.3) is 0 Å². The molecule has 4 rings (SSSR count). The van der Waals surface area contributed by atoms with Crippen molar-refractivity contribution in [3.05, 3.63) is 47.4 Å². The molecule has 1 aliphatic rings. The quantitative estimate of drug-likeness (QED) is 0.623. The van der Waals surface area contributed by atoms with Crippen molar-refractivity contribution in [2.24, 2.45) is 0 Å². The van der Waals surface area contributed by atoms with Crippen molar-refractivity contribution in [1.82, 2.24) is 25.0 Å². The number of carbonyl (C=O) groups excluding carboxylic acids is 1. The fourth-order valence-corrected chi connectivity index (χ4v) is 4.13. The Labute approximate surface area is 171 Å². The van der Waals surface area contributed by atoms with E-state index in [-0.39, 0.29) is 12.1 Å². The molecule has 0 saturated carbocycles. The maximum atomic E-state index is 13.0. The predicted molar refractivity (Wildman–Crippen MR) is 113 cm³/mol. The SMILES string of the molecule is CCCCNC(=O)N1CCc2c([nH]c3ccc(OC)cc23)C1c1cnn(CC)c1. The Morgan fingerprint density at radius 2 is 2.24 bits per heavy atom. The van der Waals surface area contributed by atoms with Crippen molar-refractivity contribution in [1.29, 1.82) is 0 Å². The first-order valence-corrected chi connectivity index (χ1v) is 10.4. The number of urea groups is 1. The van der Waals surface area contributed by atoms with Gasteiger partial charge in [-0.3, -0.25) is 4.68 Å². The monoisotopic (exact) mass is 395 g/mol. The number of hydrogen-bond acceptors (Lipinski definition) is 3. The number of benzene rings is 1. The number of H-pyrrole nitrogens is 1. The Morgan fingerprint density at radius 3 is 2.97 bits per heavy atom. The molecule has 7 heteroatoms. The molecule has 3 aromatic rings. The minimum Gasteiger partial charge on any atom is -0.497 e. The van der Waals surface area contributed by atoms with Crippen LogP contribution in [0.15, 0.2) is 30.6 Å². The van der Waals surface area contributed by atoms with E-state index in [4.69, 9.17) is 4.74 Å². The second-order valence-corrected chi connectivity index (χ2v) is 7.49. The van der Waals surface area contributed by atoms with E-state index in [1.807, 2.05) is 34.1 Å². The number of nitrogens with zero attached hydrogens (tertiary/aromatic N) is 3. The number of carbonyl (C=O) groups is 1. The molecule has 29 heavy (non-hydrogen) atoms. The third kappa shape index (κ3) is 3.57. The van der Waals surface area contributed by atoms with E-state index in [0.29, 0.717) is 13.1 Å². The molecular weight excluding hydrogens is 366 g/mol. The zero-order valence-corrected chi connectivity index (χ0v) is 17.4. The van der Waals surface area contributed by atoms with Crippen LogP contribution in [0.4, 0.5) is 4.79 Å². The molecule has 3 heterocycles. The lowest BCUT2D eigenvalue weighted by atomic mass is 9.94. The third-order valence-electron chi connectivity index (χ3n) is 5.69. The number of unbranched alkanes of at least 4 members (excludes halogenated alkanes) is 1. The number of methoxy groups -OCH3 is 1. The van der Waals surface area contributed by atoms with Crippen molar-refractivity contribution < 1.29 is 9.53 Å². The van der Waals surface area contributed by atoms with Crippen molar-refractivity contribution in [2.45, 2.75) is 45.7 Å². The average molecular weight is 396 g/mol. The molecule has 2 amide bonds. The second kappa shape index (κ2) is 8.19. The maximum absolute atomic E-state index is 13.0. The van der Waals surface area contributed by atoms with Gasteiger partial charge in [-0.2, -0.15) is 5.10 Å². The summed E-state index contributed by atoms with van der Waals surface area (Å²) in [7, 11) is 1.69. The van der Waals surface area contributed by atoms with Crippen LogP contribution in [0.3, 0.4) is 0 Å². The molecular formula is C22H29N5O2. The summed E-state index contributed by atoms with van der Waals surface area (Å²) in [5, 5.41) is 8.71. The minimum atomic E-state index is -0.181. The normalized spacial score (nSPS) is 16.1. The number of aryl methyl sites for hydroxylation is 1. The molecule has 1 unspecified atom stereocenters. The first-order chi connectivity index (χ1) is 14.2. The van der Waals surface area contributed by atoms with Crippen LogP contribution < -0.4 is 10.1 Å². The van der Waals surface area contributed by atoms with Gasteiger partial charge in [0.15, 0.2) is 0 Å². The highest BCUT2D eigenvalue weighted by atomic mass is 16.5. The summed E-state index contributed by atoms with van der Waals surface area (Å²) >= 11 is 0. The number of aromatic nitrogens is 3. The fourth-order valence-electron chi connectivity index (χ4n) is 4.13. The Morgan fingerprint density at radius 1 is 1.38 bits per heavy atom. The van der Waals surface area contributed by atoms with Crippen molar-refractivity contribution in [3.8, 4) is 5.75 Å². The molecule has 0 radical (unpaired) electrons. The van der Waals surface area contributed by atoms with Gasteiger partial charge in [0.2, 0.25) is 0 Å². The Kier molecular flexibility index (Phi) is 5.47. The molecule has 0 fully saturated rings. The van der Waals surface area contributed by atoms with Gasteiger partial charge in [-0.05, 0) is 43.5 Å². The number of hydrogen-bond donors (Lipinski definition) is 2. The first-order valence-electron chi connectivity index (χ1n) is 10.4. The van der Waals surface area contributed by atoms with Gasteiger partial charge < -0.3 is 19.9 Å². The molecule has 0 aliphatic carbocycles. The van der Waals surface area contributed by atoms with Crippen LogP contribution >= 0.6 is 0 Å². The Bertz CT molecular complexity index is 1010. The summed E-state index contributed by atoms with van der Waals surface area (Å²) in [5.74, 6) is 0.842. The molecule has 2 aromatic heterocycles. The number of amides is 2. The highest BCUT2D eigenvalue weighted by Gasteiger charge is 2.35. The first kappa shape index (κ1) is 19.4. The highest BCUT2D eigenvalue weighted by Crippen LogP contribution is 2.39. The summed E-state index contributed by atoms with van der Waals surface area (Å²) in [4.78, 5) is 18.5. The molecule has 1 aromatic carbocycles. The fraction of sp³-hybridized carbons (Fsp3) is 0.455. The lowest BCUT2D eigenvalue weighted by Gasteiger charge is -2.35. The van der Waals surface area contributed by atoms with Gasteiger partial charge in [0.1, 0.15) is 11.8 Å². The third-order valence-corrected chi connectivity index (χ3v) is 5.69. The molecule has 0 saturated heterocycles. The van der Waals surface area contributed by atoms with E-state index in [1.165, 1.54) is 10.9 Å². The van der Waals surface area contributed by atoms with Crippen LogP contribution in [0.2, 0.25) is 0 Å². The number of ether oxygens (including phenoxy) is 1. The average Bonchev–Trinajstić information content (AvgIpc) is 3.37. The summed E-state index contributed by atoms with van der Waals surface area (Å²) in [6, 6.07) is 5.89. The highest BCUT2D eigenvalue weighted by molar-refractivity contribution is 5.87. The van der Waals surface area contributed by atoms with Gasteiger partial charge in [-0.1, -0.05) is 13.3 Å². The van der Waals surface area contributed by atoms with E-state index in [9.17, 15) is 4.79 Å². The molecule has 0 bridgehead atoms. The summed E-state index contributed by atoms with van der Waals surface area (Å²) in [6.07, 6.45) is 6.76. The number of nitrogens with one attached hydrogen (secondary N) is 2. The lowest BCUT2D eigenvalue weighted by molar-refractivity contribution is 0.179. The van der Waals surface area contributed by atoms with E-state index in [2.05, 4.69) is 35.3 Å². The number of aromatic amines is 1. The summed E-state index contributed by atoms with van der Waals surface area (Å²) in [5.41, 5.74) is 4.42. The summed E-state index contributed by atoms with van der Waals surface area (Å²) < 4.78 is 7.33. The number of rotatable bonds is 6. The van der Waals surface area contributed by atoms with Gasteiger partial charge in [0.05, 0.1) is 13.3 Å². The van der Waals surface area contributed by atoms with Gasteiger partial charge in [-0.25, -0.2) is 4.79 Å². The zero-order valence-electron chi connectivity index (χ0n) is 17.4. The van der Waals surface area contributed by atoms with Crippen LogP contribution in [-0.4, -0.2) is 45.9 Å². The van der Waals surface area contributed by atoms with Gasteiger partial charge in [-0.15, -0.1) is 0 Å². The van der Waals surface area contributed by atoms with Crippen molar-refractivity contribution in [2.75, 3.05) is 20.2 Å². The van der Waals surface area contributed by atoms with Crippen LogP contribution in [0.25, 0.3) is 10.9 Å². The van der Waals surface area contributed by atoms with Crippen LogP contribution in [0.5, 0.6) is 5.75 Å². The largest absolute Gasteiger partial charge is 0.497 e. The van der Waals surface area contributed by atoms with Crippen LogP contribution in [0.1, 0.15) is 49.6 Å². The molecule has 2 N–H and O–H groups in total. The van der Waals surface area contributed by atoms with E-state index in [1.54, 1.807) is 7.11 Å². The van der Waals surface area contributed by atoms with E-state index >= 15 is 0 Å². The zero-order chi connectivity index (χ0) is 20.4. The van der Waals surface area contributed by atoms with Gasteiger partial charge >= 0.3 is 6.03 Å². The molecule has 1 atom stereocenters. The molecule has 1 aliphatic heterocycles.